The minimum absolute atomic E-state index is 0.0726. The van der Waals surface area contributed by atoms with E-state index in [0.29, 0.717) is 17.5 Å². The largest absolute Gasteiger partial charge is 0.469 e. The molecular weight excluding hydrogens is 372 g/mol. The Morgan fingerprint density at radius 1 is 1.29 bits per heavy atom. The first-order valence-corrected chi connectivity index (χ1v) is 9.92. The monoisotopic (exact) mass is 396 g/mol. The summed E-state index contributed by atoms with van der Waals surface area (Å²) in [5, 5.41) is 12.0. The van der Waals surface area contributed by atoms with Gasteiger partial charge in [0.25, 0.3) is 0 Å². The number of nitrogens with zero attached hydrogens (tertiary/aromatic N) is 3. The SMILES string of the molecule is C=CCn1c(S[C@H](C)C(=O)Nc2c(C)cccc2C)nnc1-c1ccoc1C. The zero-order valence-corrected chi connectivity index (χ0v) is 17.3. The molecule has 0 fully saturated rings. The maximum atomic E-state index is 12.8. The molecule has 3 rings (SSSR count). The third-order valence-corrected chi connectivity index (χ3v) is 5.59. The van der Waals surface area contributed by atoms with Crippen LogP contribution in [-0.2, 0) is 11.3 Å². The average molecular weight is 397 g/mol. The van der Waals surface area contributed by atoms with Crippen molar-refractivity contribution in [2.24, 2.45) is 0 Å². The highest BCUT2D eigenvalue weighted by molar-refractivity contribution is 8.00. The van der Waals surface area contributed by atoms with Crippen molar-refractivity contribution in [1.29, 1.82) is 0 Å². The molecule has 0 spiro atoms. The lowest BCUT2D eigenvalue weighted by molar-refractivity contribution is -0.115. The van der Waals surface area contributed by atoms with Crippen LogP contribution in [0.4, 0.5) is 5.69 Å². The van der Waals surface area contributed by atoms with E-state index >= 15 is 0 Å². The number of para-hydroxylation sites is 1. The van der Waals surface area contributed by atoms with E-state index in [1.165, 1.54) is 11.8 Å². The van der Waals surface area contributed by atoms with Gasteiger partial charge < -0.3 is 9.73 Å². The minimum Gasteiger partial charge on any atom is -0.469 e. The summed E-state index contributed by atoms with van der Waals surface area (Å²) in [6.45, 7) is 12.1. The number of hydrogen-bond acceptors (Lipinski definition) is 5. The van der Waals surface area contributed by atoms with Crippen molar-refractivity contribution in [2.45, 2.75) is 44.6 Å². The third-order valence-electron chi connectivity index (χ3n) is 4.51. The number of hydrogen-bond donors (Lipinski definition) is 1. The smallest absolute Gasteiger partial charge is 0.237 e. The van der Waals surface area contributed by atoms with Gasteiger partial charge >= 0.3 is 0 Å². The van der Waals surface area contributed by atoms with Gasteiger partial charge in [-0.1, -0.05) is 36.0 Å². The first-order chi connectivity index (χ1) is 13.4. The number of furan rings is 1. The number of carbonyl (C=O) groups is 1. The van der Waals surface area contributed by atoms with Gasteiger partial charge in [-0.05, 0) is 44.9 Å². The van der Waals surface area contributed by atoms with Crippen molar-refractivity contribution in [1.82, 2.24) is 14.8 Å². The molecule has 0 aliphatic carbocycles. The fourth-order valence-corrected chi connectivity index (χ4v) is 3.79. The molecule has 7 heteroatoms. The van der Waals surface area contributed by atoms with Crippen LogP contribution >= 0.6 is 11.8 Å². The maximum absolute atomic E-state index is 12.8. The van der Waals surface area contributed by atoms with Crippen molar-refractivity contribution in [3.05, 3.63) is 60.1 Å². The molecule has 3 aromatic rings. The van der Waals surface area contributed by atoms with Crippen molar-refractivity contribution < 1.29 is 9.21 Å². The Labute approximate surface area is 169 Å². The summed E-state index contributed by atoms with van der Waals surface area (Å²) in [5.74, 6) is 1.41. The zero-order valence-electron chi connectivity index (χ0n) is 16.5. The highest BCUT2D eigenvalue weighted by Crippen LogP contribution is 2.30. The minimum atomic E-state index is -0.343. The Morgan fingerprint density at radius 2 is 2.00 bits per heavy atom. The second kappa shape index (κ2) is 8.48. The van der Waals surface area contributed by atoms with Gasteiger partial charge in [0.05, 0.1) is 17.1 Å². The van der Waals surface area contributed by atoms with Crippen LogP contribution in [0.15, 0.2) is 52.8 Å². The number of amides is 1. The lowest BCUT2D eigenvalue weighted by Crippen LogP contribution is -2.24. The van der Waals surface area contributed by atoms with Crippen LogP contribution in [0.2, 0.25) is 0 Å². The third kappa shape index (κ3) is 4.04. The standard InChI is InChI=1S/C21H24N4O2S/c1-6-11-25-19(17-10-12-27-15(17)4)23-24-21(25)28-16(5)20(26)22-18-13(2)8-7-9-14(18)3/h6-10,12,16H,1,11H2,2-5H3,(H,22,26)/t16-/m1/s1. The molecule has 146 valence electrons. The Kier molecular flexibility index (Phi) is 6.04. The van der Waals surface area contributed by atoms with Crippen LogP contribution in [0.3, 0.4) is 0 Å². The summed E-state index contributed by atoms with van der Waals surface area (Å²) in [4.78, 5) is 12.8. The Bertz CT molecular complexity index is 986. The molecule has 0 saturated carbocycles. The van der Waals surface area contributed by atoms with Gasteiger partial charge in [-0.15, -0.1) is 16.8 Å². The molecule has 0 bridgehead atoms. The van der Waals surface area contributed by atoms with E-state index in [0.717, 1.165) is 28.1 Å². The van der Waals surface area contributed by atoms with Crippen LogP contribution in [-0.4, -0.2) is 25.9 Å². The number of allylic oxidation sites excluding steroid dienone is 1. The number of nitrogens with one attached hydrogen (secondary N) is 1. The quantitative estimate of drug-likeness (QED) is 0.460. The number of aryl methyl sites for hydroxylation is 3. The Hall–Kier alpha value is -2.80. The van der Waals surface area contributed by atoms with Gasteiger partial charge in [-0.2, -0.15) is 0 Å². The predicted molar refractivity (Wildman–Crippen MR) is 113 cm³/mol. The van der Waals surface area contributed by atoms with Crippen LogP contribution in [0.1, 0.15) is 23.8 Å². The number of rotatable bonds is 7. The summed E-state index contributed by atoms with van der Waals surface area (Å²) in [6, 6.07) is 7.82. The first-order valence-electron chi connectivity index (χ1n) is 9.04. The molecule has 2 aromatic heterocycles. The molecule has 1 amide bonds. The normalized spacial score (nSPS) is 12.0. The van der Waals surface area contributed by atoms with Crippen LogP contribution in [0.25, 0.3) is 11.4 Å². The fourth-order valence-electron chi connectivity index (χ4n) is 2.93. The number of anilines is 1. The number of benzene rings is 1. The van der Waals surface area contributed by atoms with Gasteiger partial charge in [0.15, 0.2) is 11.0 Å². The van der Waals surface area contributed by atoms with E-state index in [4.69, 9.17) is 4.42 Å². The Morgan fingerprint density at radius 3 is 2.61 bits per heavy atom. The van der Waals surface area contributed by atoms with Crippen molar-refractivity contribution in [3.63, 3.8) is 0 Å². The van der Waals surface area contributed by atoms with Gasteiger partial charge in [0.2, 0.25) is 5.91 Å². The Balaban J connectivity index is 1.81. The van der Waals surface area contributed by atoms with Crippen LogP contribution in [0, 0.1) is 20.8 Å². The fraction of sp³-hybridized carbons (Fsp3) is 0.286. The second-order valence-electron chi connectivity index (χ2n) is 6.61. The zero-order chi connectivity index (χ0) is 20.3. The molecule has 1 atom stereocenters. The molecule has 0 aliphatic rings. The van der Waals surface area contributed by atoms with E-state index in [9.17, 15) is 4.79 Å². The molecule has 0 radical (unpaired) electrons. The van der Waals surface area contributed by atoms with Gasteiger partial charge in [0, 0.05) is 12.2 Å². The predicted octanol–water partition coefficient (Wildman–Crippen LogP) is 4.77. The molecule has 6 nitrogen and oxygen atoms in total. The average Bonchev–Trinajstić information content (AvgIpc) is 3.24. The summed E-state index contributed by atoms with van der Waals surface area (Å²) in [7, 11) is 0. The van der Waals surface area contributed by atoms with Gasteiger partial charge in [-0.25, -0.2) is 0 Å². The van der Waals surface area contributed by atoms with E-state index in [-0.39, 0.29) is 11.2 Å². The molecule has 0 unspecified atom stereocenters. The summed E-state index contributed by atoms with van der Waals surface area (Å²) >= 11 is 1.37. The van der Waals surface area contributed by atoms with Crippen molar-refractivity contribution in [2.75, 3.05) is 5.32 Å². The van der Waals surface area contributed by atoms with E-state index in [1.807, 2.05) is 56.5 Å². The number of aromatic nitrogens is 3. The van der Waals surface area contributed by atoms with Crippen LogP contribution < -0.4 is 5.32 Å². The highest BCUT2D eigenvalue weighted by atomic mass is 32.2. The van der Waals surface area contributed by atoms with Gasteiger partial charge in [0.1, 0.15) is 5.76 Å². The van der Waals surface area contributed by atoms with E-state index in [2.05, 4.69) is 22.1 Å². The number of thioether (sulfide) groups is 1. The van der Waals surface area contributed by atoms with Crippen molar-refractivity contribution in [3.8, 4) is 11.4 Å². The molecule has 1 N–H and O–H groups in total. The van der Waals surface area contributed by atoms with E-state index < -0.39 is 0 Å². The lowest BCUT2D eigenvalue weighted by atomic mass is 10.1. The maximum Gasteiger partial charge on any atom is 0.237 e. The van der Waals surface area contributed by atoms with Crippen molar-refractivity contribution >= 4 is 23.4 Å². The summed E-state index contributed by atoms with van der Waals surface area (Å²) in [5.41, 5.74) is 3.83. The molecular formula is C21H24N4O2S. The summed E-state index contributed by atoms with van der Waals surface area (Å²) in [6.07, 6.45) is 3.42. The molecule has 0 aliphatic heterocycles. The first kappa shape index (κ1) is 19.9. The van der Waals surface area contributed by atoms with Crippen LogP contribution in [0.5, 0.6) is 0 Å². The topological polar surface area (TPSA) is 73.0 Å². The number of carbonyl (C=O) groups excluding carboxylic acids is 1. The van der Waals surface area contributed by atoms with E-state index in [1.54, 1.807) is 12.3 Å². The molecule has 28 heavy (non-hydrogen) atoms. The molecule has 1 aromatic carbocycles. The summed E-state index contributed by atoms with van der Waals surface area (Å²) < 4.78 is 7.33. The molecule has 2 heterocycles. The molecule has 0 saturated heterocycles. The second-order valence-corrected chi connectivity index (χ2v) is 7.92. The highest BCUT2D eigenvalue weighted by Gasteiger charge is 2.22. The van der Waals surface area contributed by atoms with Gasteiger partial charge in [-0.3, -0.25) is 9.36 Å². The lowest BCUT2D eigenvalue weighted by Gasteiger charge is -2.15.